The molecular formula is C42H44ClN7O6. The van der Waals surface area contributed by atoms with Crippen molar-refractivity contribution in [2.75, 3.05) is 24.5 Å². The Labute approximate surface area is 330 Å². The Balaban J connectivity index is 0.822. The van der Waals surface area contributed by atoms with Crippen molar-refractivity contribution in [1.82, 2.24) is 25.4 Å². The van der Waals surface area contributed by atoms with Crippen molar-refractivity contribution in [3.8, 4) is 5.75 Å². The first-order valence-electron chi connectivity index (χ1n) is 19.1. The summed E-state index contributed by atoms with van der Waals surface area (Å²) < 4.78 is 6.37. The average Bonchev–Trinajstić information content (AvgIpc) is 3.67. The maximum Gasteiger partial charge on any atom is 0.262 e. The van der Waals surface area contributed by atoms with Crippen LogP contribution in [0, 0.1) is 23.3 Å². The molecule has 8 rings (SSSR count). The van der Waals surface area contributed by atoms with Crippen molar-refractivity contribution in [3.05, 3.63) is 92.9 Å². The Kier molecular flexibility index (Phi) is 9.40. The molecule has 5 aliphatic rings. The van der Waals surface area contributed by atoms with E-state index in [2.05, 4.69) is 58.0 Å². The van der Waals surface area contributed by atoms with Crippen molar-refractivity contribution < 1.29 is 28.7 Å². The predicted molar refractivity (Wildman–Crippen MR) is 207 cm³/mol. The first-order chi connectivity index (χ1) is 26.6. The van der Waals surface area contributed by atoms with Gasteiger partial charge in [0, 0.05) is 62.2 Å². The van der Waals surface area contributed by atoms with Gasteiger partial charge in [0.2, 0.25) is 17.5 Å². The Morgan fingerprint density at radius 2 is 1.62 bits per heavy atom. The number of rotatable bonds is 8. The number of nitrogens with zero attached hydrogens (tertiary/aromatic N) is 5. The zero-order chi connectivity index (χ0) is 39.7. The molecule has 13 nitrogen and oxygen atoms in total. The summed E-state index contributed by atoms with van der Waals surface area (Å²) in [6, 6.07) is 11.3. The summed E-state index contributed by atoms with van der Waals surface area (Å²) in [6.07, 6.45) is 3.64. The molecule has 0 radical (unpaired) electrons. The Morgan fingerprint density at radius 3 is 2.20 bits per heavy atom. The second kappa shape index (κ2) is 14.0. The molecule has 2 N–H and O–H groups in total. The lowest BCUT2D eigenvalue weighted by Gasteiger charge is -2.63. The topological polar surface area (TPSA) is 146 Å². The highest BCUT2D eigenvalue weighted by Crippen LogP contribution is 2.55. The Bertz CT molecular complexity index is 2150. The zero-order valence-electron chi connectivity index (χ0n) is 31.9. The molecule has 0 spiro atoms. The molecule has 14 heteroatoms. The lowest BCUT2D eigenvalue weighted by Crippen LogP contribution is -2.74. The second-order valence-electron chi connectivity index (χ2n) is 16.9. The quantitative estimate of drug-likeness (QED) is 0.223. The number of piperidine rings is 2. The van der Waals surface area contributed by atoms with Gasteiger partial charge in [0.15, 0.2) is 0 Å². The van der Waals surface area contributed by atoms with Gasteiger partial charge < -0.3 is 15.0 Å². The Morgan fingerprint density at radius 1 is 0.964 bits per heavy atom. The molecule has 56 heavy (non-hydrogen) atoms. The van der Waals surface area contributed by atoms with Crippen molar-refractivity contribution >= 4 is 52.6 Å². The summed E-state index contributed by atoms with van der Waals surface area (Å²) in [4.78, 5) is 77.8. The summed E-state index contributed by atoms with van der Waals surface area (Å²) in [5.41, 5.74) is 2.81. The highest BCUT2D eigenvalue weighted by Gasteiger charge is 2.64. The molecule has 2 saturated heterocycles. The zero-order valence-corrected chi connectivity index (χ0v) is 32.6. The minimum Gasteiger partial charge on any atom is -0.489 e. The monoisotopic (exact) mass is 777 g/mol. The van der Waals surface area contributed by atoms with Crippen molar-refractivity contribution in [2.24, 2.45) is 16.7 Å². The molecule has 4 aliphatic heterocycles. The lowest BCUT2D eigenvalue weighted by atomic mass is 9.49. The Hall–Kier alpha value is -5.32. The molecule has 0 bridgehead atoms. The van der Waals surface area contributed by atoms with Crippen LogP contribution in [0.5, 0.6) is 5.75 Å². The fourth-order valence-electron chi connectivity index (χ4n) is 9.79. The van der Waals surface area contributed by atoms with Crippen molar-refractivity contribution in [3.63, 3.8) is 0 Å². The number of hydrogen-bond donors (Lipinski definition) is 2. The van der Waals surface area contributed by atoms with Gasteiger partial charge in [0.25, 0.3) is 17.7 Å². The fraction of sp³-hybridized carbons (Fsp3) is 0.452. The lowest BCUT2D eigenvalue weighted by molar-refractivity contribution is -0.164. The molecule has 3 aromatic rings. The molecule has 1 unspecified atom stereocenters. The second-order valence-corrected chi connectivity index (χ2v) is 17.3. The normalized spacial score (nSPS) is 24.2. The number of anilines is 1. The number of carbonyl (C=O) groups excluding carboxylic acids is 5. The van der Waals surface area contributed by atoms with Gasteiger partial charge in [-0.3, -0.25) is 39.1 Å². The third kappa shape index (κ3) is 6.48. The van der Waals surface area contributed by atoms with Gasteiger partial charge in [0.1, 0.15) is 23.7 Å². The molecule has 1 aromatic heterocycles. The highest BCUT2D eigenvalue weighted by molar-refractivity contribution is 6.33. The van der Waals surface area contributed by atoms with Crippen molar-refractivity contribution in [2.45, 2.75) is 84.7 Å². The van der Waals surface area contributed by atoms with Gasteiger partial charge in [0.05, 0.1) is 28.3 Å². The van der Waals surface area contributed by atoms with Gasteiger partial charge in [-0.05, 0) is 72.7 Å². The average molecular weight is 778 g/mol. The van der Waals surface area contributed by atoms with Crippen LogP contribution in [-0.4, -0.2) is 82.1 Å². The van der Waals surface area contributed by atoms with E-state index in [1.54, 1.807) is 24.4 Å². The summed E-state index contributed by atoms with van der Waals surface area (Å²) in [5, 5.41) is 5.83. The first-order valence-corrected chi connectivity index (χ1v) is 19.5. The highest BCUT2D eigenvalue weighted by atomic mass is 35.5. The van der Waals surface area contributed by atoms with E-state index in [0.29, 0.717) is 52.2 Å². The van der Waals surface area contributed by atoms with E-state index in [9.17, 15) is 24.0 Å². The van der Waals surface area contributed by atoms with Gasteiger partial charge in [-0.15, -0.1) is 0 Å². The summed E-state index contributed by atoms with van der Waals surface area (Å²) in [5.74, 6) is -0.241. The number of pyridine rings is 1. The number of imide groups is 2. The molecule has 290 valence electrons. The number of halogens is 1. The third-order valence-corrected chi connectivity index (χ3v) is 12.7. The van der Waals surface area contributed by atoms with Gasteiger partial charge in [-0.25, -0.2) is 9.83 Å². The van der Waals surface area contributed by atoms with Crippen molar-refractivity contribution in [1.29, 1.82) is 0 Å². The standard InChI is InChI=1S/C42H44ClN7O6/c1-41(2)39(42(3,4)40(41)56-27-7-8-31(44-5)30(43)18-27)47-35(52)24-6-10-33(45-19-24)49-14-12-23(13-15-49)20-48-21-25-16-28-29(17-26(25)22-48)38(55)50(37(28)54)32-9-11-34(51)46-36(32)53/h6-8,10,16-19,23,32,39-40H,9,11-15,20-22H2,1-4H3,(H,47,52)(H,46,51,53). The van der Waals surface area contributed by atoms with Crippen LogP contribution in [0.15, 0.2) is 48.7 Å². The van der Waals surface area contributed by atoms with E-state index in [1.807, 2.05) is 24.3 Å². The maximum absolute atomic E-state index is 13.5. The number of carbonyl (C=O) groups is 5. The maximum atomic E-state index is 13.5. The van der Waals surface area contributed by atoms with Gasteiger partial charge >= 0.3 is 0 Å². The van der Waals surface area contributed by atoms with Crippen LogP contribution in [0.1, 0.15) is 95.6 Å². The number of benzene rings is 2. The number of fused-ring (bicyclic) bond motifs is 2. The van der Waals surface area contributed by atoms with E-state index in [-0.39, 0.29) is 41.7 Å². The number of aromatic nitrogens is 1. The molecule has 2 aromatic carbocycles. The van der Waals surface area contributed by atoms with Crippen LogP contribution in [0.4, 0.5) is 11.5 Å². The minimum atomic E-state index is -0.970. The van der Waals surface area contributed by atoms with E-state index < -0.39 is 29.7 Å². The molecule has 1 saturated carbocycles. The summed E-state index contributed by atoms with van der Waals surface area (Å²) >= 11 is 6.25. The van der Waals surface area contributed by atoms with Crippen LogP contribution in [0.25, 0.3) is 4.85 Å². The minimum absolute atomic E-state index is 0.0907. The SMILES string of the molecule is [C-]#[N+]c1ccc(OC2C(C)(C)C(NC(=O)c3ccc(N4CCC(CN5Cc6cc7c(cc6C5)C(=O)N(C5CCC(=O)NC5=O)C7=O)CC4)nc3)C2(C)C)cc1Cl. The summed E-state index contributed by atoms with van der Waals surface area (Å²) in [7, 11) is 0. The van der Waals surface area contributed by atoms with Crippen LogP contribution >= 0.6 is 11.6 Å². The van der Waals surface area contributed by atoms with E-state index >= 15 is 0 Å². The molecular weight excluding hydrogens is 734 g/mol. The fourth-order valence-corrected chi connectivity index (χ4v) is 10.00. The van der Waals surface area contributed by atoms with E-state index in [1.165, 1.54) is 0 Å². The van der Waals surface area contributed by atoms with Gasteiger partial charge in [-0.2, -0.15) is 0 Å². The van der Waals surface area contributed by atoms with Gasteiger partial charge in [-0.1, -0.05) is 45.4 Å². The predicted octanol–water partition coefficient (Wildman–Crippen LogP) is 5.53. The van der Waals surface area contributed by atoms with E-state index in [4.69, 9.17) is 22.9 Å². The molecule has 5 amide bonds. The van der Waals surface area contributed by atoms with E-state index in [0.717, 1.165) is 54.3 Å². The molecule has 3 fully saturated rings. The molecule has 5 heterocycles. The smallest absolute Gasteiger partial charge is 0.262 e. The summed E-state index contributed by atoms with van der Waals surface area (Å²) in [6.45, 7) is 19.5. The number of amides is 5. The molecule has 1 atom stereocenters. The first kappa shape index (κ1) is 37.6. The van der Waals surface area contributed by atoms with Crippen LogP contribution in [0.3, 0.4) is 0 Å². The number of nitrogens with one attached hydrogen (secondary N) is 2. The van der Waals surface area contributed by atoms with Crippen LogP contribution < -0.4 is 20.3 Å². The van der Waals surface area contributed by atoms with Crippen LogP contribution in [-0.2, 0) is 22.7 Å². The van der Waals surface area contributed by atoms with Crippen LogP contribution in [0.2, 0.25) is 5.02 Å². The number of ether oxygens (including phenoxy) is 1. The third-order valence-electron chi connectivity index (χ3n) is 12.4. The number of hydrogen-bond acceptors (Lipinski definition) is 9. The molecule has 1 aliphatic carbocycles. The largest absolute Gasteiger partial charge is 0.489 e.